The first-order valence-corrected chi connectivity index (χ1v) is 4.98. The van der Waals surface area contributed by atoms with E-state index in [1.54, 1.807) is 0 Å². The first-order chi connectivity index (χ1) is 6.80. The van der Waals surface area contributed by atoms with E-state index in [1.807, 2.05) is 0 Å². The lowest BCUT2D eigenvalue weighted by molar-refractivity contribution is -0.158. The van der Waals surface area contributed by atoms with Gasteiger partial charge in [-0.3, -0.25) is 4.90 Å². The minimum absolute atomic E-state index is 0.254. The molecule has 0 saturated carbocycles. The van der Waals surface area contributed by atoms with Crippen LogP contribution in [0.5, 0.6) is 0 Å². The van der Waals surface area contributed by atoms with Crippen molar-refractivity contribution < 1.29 is 18.3 Å². The van der Waals surface area contributed by atoms with E-state index >= 15 is 0 Å². The van der Waals surface area contributed by atoms with Gasteiger partial charge in [-0.2, -0.15) is 13.2 Å². The second-order valence-corrected chi connectivity index (χ2v) is 4.17. The minimum atomic E-state index is -4.40. The Morgan fingerprint density at radius 3 is 2.53 bits per heavy atom. The molecule has 1 fully saturated rings. The molecule has 0 amide bonds. The maximum Gasteiger partial charge on any atom is 0.399 e. The highest BCUT2D eigenvalue weighted by Gasteiger charge is 2.43. The summed E-state index contributed by atoms with van der Waals surface area (Å²) in [6.07, 6.45) is -4.44. The minimum Gasteiger partial charge on any atom is -0.393 e. The van der Waals surface area contributed by atoms with Gasteiger partial charge in [0.2, 0.25) is 0 Å². The Morgan fingerprint density at radius 2 is 2.20 bits per heavy atom. The Hall–Kier alpha value is -0.400. The summed E-state index contributed by atoms with van der Waals surface area (Å²) in [6.45, 7) is 0.460. The quantitative estimate of drug-likeness (QED) is 0.708. The van der Waals surface area contributed by atoms with Crippen molar-refractivity contribution in [2.45, 2.75) is 18.7 Å². The van der Waals surface area contributed by atoms with Crippen molar-refractivity contribution in [3.8, 4) is 0 Å². The number of nitrogens with zero attached hydrogens (tertiary/aromatic N) is 1. The predicted molar refractivity (Wildman–Crippen MR) is 53.4 cm³/mol. The number of aliphatic hydroxyl groups excluding tert-OH is 1. The summed E-state index contributed by atoms with van der Waals surface area (Å²) in [5, 5.41) is 9.17. The maximum absolute atomic E-state index is 12.5. The van der Waals surface area contributed by atoms with Gasteiger partial charge in [-0.15, -0.1) is 0 Å². The smallest absolute Gasteiger partial charge is 0.393 e. The highest BCUT2D eigenvalue weighted by molar-refractivity contribution is 7.80. The SMILES string of the molecule is NC(=S)C(CN1CCC(O)C1)C(F)(F)F. The predicted octanol–water partition coefficient (Wildman–Crippen LogP) is 0.518. The highest BCUT2D eigenvalue weighted by Crippen LogP contribution is 2.28. The molecule has 88 valence electrons. The summed E-state index contributed by atoms with van der Waals surface area (Å²) in [5.41, 5.74) is 5.06. The van der Waals surface area contributed by atoms with Crippen molar-refractivity contribution in [2.24, 2.45) is 11.7 Å². The van der Waals surface area contributed by atoms with Crippen molar-refractivity contribution in [3.63, 3.8) is 0 Å². The van der Waals surface area contributed by atoms with Gasteiger partial charge < -0.3 is 10.8 Å². The van der Waals surface area contributed by atoms with E-state index in [2.05, 4.69) is 12.2 Å². The van der Waals surface area contributed by atoms with Crippen LogP contribution in [-0.4, -0.2) is 46.9 Å². The summed E-state index contributed by atoms with van der Waals surface area (Å²) < 4.78 is 37.4. The Labute approximate surface area is 91.0 Å². The van der Waals surface area contributed by atoms with E-state index in [0.29, 0.717) is 13.0 Å². The van der Waals surface area contributed by atoms with Crippen molar-refractivity contribution >= 4 is 17.2 Å². The Balaban J connectivity index is 2.56. The summed E-state index contributed by atoms with van der Waals surface area (Å²) in [6, 6.07) is 0. The topological polar surface area (TPSA) is 49.5 Å². The Kier molecular flexibility index (Phi) is 3.91. The first-order valence-electron chi connectivity index (χ1n) is 4.57. The second kappa shape index (κ2) is 4.63. The van der Waals surface area contributed by atoms with E-state index in [1.165, 1.54) is 4.90 Å². The number of β-amino-alcohol motifs (C(OH)–C–C–N with tert-alkyl or cyclic N) is 1. The van der Waals surface area contributed by atoms with Crippen molar-refractivity contribution in [3.05, 3.63) is 0 Å². The van der Waals surface area contributed by atoms with E-state index in [0.717, 1.165) is 0 Å². The molecular formula is C8H13F3N2OS. The number of likely N-dealkylation sites (tertiary alicyclic amines) is 1. The zero-order chi connectivity index (χ0) is 11.6. The molecule has 1 aliphatic heterocycles. The normalized spacial score (nSPS) is 25.5. The highest BCUT2D eigenvalue weighted by atomic mass is 32.1. The van der Waals surface area contributed by atoms with Crippen LogP contribution in [0.4, 0.5) is 13.2 Å². The molecule has 0 aromatic rings. The molecule has 2 atom stereocenters. The number of rotatable bonds is 3. The molecule has 1 aliphatic rings. The molecule has 0 spiro atoms. The Morgan fingerprint density at radius 1 is 1.60 bits per heavy atom. The van der Waals surface area contributed by atoms with Gasteiger partial charge in [-0.1, -0.05) is 12.2 Å². The molecule has 0 radical (unpaired) electrons. The standard InChI is InChI=1S/C8H13F3N2OS/c9-8(10,11)6(7(12)15)4-13-2-1-5(14)3-13/h5-6,14H,1-4H2,(H2,12,15). The summed E-state index contributed by atoms with van der Waals surface area (Å²) in [4.78, 5) is 0.992. The van der Waals surface area contributed by atoms with Crippen LogP contribution in [0.3, 0.4) is 0 Å². The van der Waals surface area contributed by atoms with Gasteiger partial charge in [0.25, 0.3) is 0 Å². The lowest BCUT2D eigenvalue weighted by Crippen LogP contribution is -2.43. The van der Waals surface area contributed by atoms with Gasteiger partial charge >= 0.3 is 6.18 Å². The number of nitrogens with two attached hydrogens (primary N) is 1. The molecule has 7 heteroatoms. The lowest BCUT2D eigenvalue weighted by atomic mass is 10.1. The third-order valence-corrected chi connectivity index (χ3v) is 2.71. The third-order valence-electron chi connectivity index (χ3n) is 2.43. The van der Waals surface area contributed by atoms with E-state index < -0.39 is 23.2 Å². The molecule has 3 N–H and O–H groups in total. The fraction of sp³-hybridized carbons (Fsp3) is 0.875. The molecule has 1 saturated heterocycles. The van der Waals surface area contributed by atoms with Crippen LogP contribution in [0.1, 0.15) is 6.42 Å². The van der Waals surface area contributed by atoms with Crippen LogP contribution in [-0.2, 0) is 0 Å². The van der Waals surface area contributed by atoms with Gasteiger partial charge in [0, 0.05) is 19.6 Å². The molecule has 1 heterocycles. The fourth-order valence-electron chi connectivity index (χ4n) is 1.59. The zero-order valence-corrected chi connectivity index (χ0v) is 8.81. The lowest BCUT2D eigenvalue weighted by Gasteiger charge is -2.24. The van der Waals surface area contributed by atoms with Crippen LogP contribution in [0.15, 0.2) is 0 Å². The average Bonchev–Trinajstić information content (AvgIpc) is 2.44. The van der Waals surface area contributed by atoms with Crippen LogP contribution < -0.4 is 5.73 Å². The van der Waals surface area contributed by atoms with Gasteiger partial charge in [0.1, 0.15) is 5.92 Å². The molecule has 1 rings (SSSR count). The number of aliphatic hydroxyl groups is 1. The third kappa shape index (κ3) is 3.58. The zero-order valence-electron chi connectivity index (χ0n) is 8.00. The first kappa shape index (κ1) is 12.7. The molecule has 0 aromatic heterocycles. The summed E-state index contributed by atoms with van der Waals surface area (Å²) >= 11 is 4.40. The van der Waals surface area contributed by atoms with Crippen molar-refractivity contribution in [1.29, 1.82) is 0 Å². The largest absolute Gasteiger partial charge is 0.399 e. The number of hydrogen-bond donors (Lipinski definition) is 2. The van der Waals surface area contributed by atoms with Crippen LogP contribution in [0.2, 0.25) is 0 Å². The van der Waals surface area contributed by atoms with Gasteiger partial charge in [-0.05, 0) is 6.42 Å². The van der Waals surface area contributed by atoms with Crippen LogP contribution >= 0.6 is 12.2 Å². The van der Waals surface area contributed by atoms with Crippen LogP contribution in [0.25, 0.3) is 0 Å². The van der Waals surface area contributed by atoms with Gasteiger partial charge in [0.15, 0.2) is 0 Å². The second-order valence-electron chi connectivity index (χ2n) is 3.70. The summed E-state index contributed by atoms with van der Waals surface area (Å²) in [5.74, 6) is -1.78. The van der Waals surface area contributed by atoms with Crippen molar-refractivity contribution in [1.82, 2.24) is 4.90 Å². The van der Waals surface area contributed by atoms with Crippen LogP contribution in [0, 0.1) is 5.92 Å². The average molecular weight is 242 g/mol. The molecule has 15 heavy (non-hydrogen) atoms. The number of thiocarbonyl (C=S) groups is 1. The maximum atomic E-state index is 12.5. The molecule has 0 aliphatic carbocycles. The van der Waals surface area contributed by atoms with E-state index in [9.17, 15) is 13.2 Å². The van der Waals surface area contributed by atoms with E-state index in [-0.39, 0.29) is 13.1 Å². The van der Waals surface area contributed by atoms with Crippen molar-refractivity contribution in [2.75, 3.05) is 19.6 Å². The fourth-order valence-corrected chi connectivity index (χ4v) is 1.80. The molecule has 0 aromatic carbocycles. The molecule has 3 nitrogen and oxygen atoms in total. The number of halogens is 3. The molecule has 0 bridgehead atoms. The molecular weight excluding hydrogens is 229 g/mol. The van der Waals surface area contributed by atoms with Gasteiger partial charge in [0.05, 0.1) is 11.1 Å². The monoisotopic (exact) mass is 242 g/mol. The van der Waals surface area contributed by atoms with E-state index in [4.69, 9.17) is 10.8 Å². The van der Waals surface area contributed by atoms with Gasteiger partial charge in [-0.25, -0.2) is 0 Å². The Bertz CT molecular complexity index is 247. The number of alkyl halides is 3. The summed E-state index contributed by atoms with van der Waals surface area (Å²) in [7, 11) is 0. The molecule has 2 unspecified atom stereocenters. The number of hydrogen-bond acceptors (Lipinski definition) is 3.